The van der Waals surface area contributed by atoms with Crippen LogP contribution in [0.25, 0.3) is 5.69 Å². The number of nitrogens with zero attached hydrogens (tertiary/aromatic N) is 2. The van der Waals surface area contributed by atoms with Crippen LogP contribution in [0, 0.1) is 0 Å². The Morgan fingerprint density at radius 1 is 1.33 bits per heavy atom. The SMILES string of the molecule is CN(C)C(=O)c1sccc1-n1cccc1. The van der Waals surface area contributed by atoms with Crippen LogP contribution in [0.4, 0.5) is 0 Å². The van der Waals surface area contributed by atoms with Gasteiger partial charge in [0.25, 0.3) is 5.91 Å². The van der Waals surface area contributed by atoms with Crippen molar-refractivity contribution in [1.82, 2.24) is 9.47 Å². The zero-order valence-corrected chi connectivity index (χ0v) is 9.49. The first kappa shape index (κ1) is 9.98. The number of carbonyl (C=O) groups excluding carboxylic acids is 1. The van der Waals surface area contributed by atoms with E-state index in [1.54, 1.807) is 19.0 Å². The maximum Gasteiger partial charge on any atom is 0.265 e. The van der Waals surface area contributed by atoms with Crippen molar-refractivity contribution in [2.24, 2.45) is 0 Å². The summed E-state index contributed by atoms with van der Waals surface area (Å²) < 4.78 is 1.95. The molecule has 4 heteroatoms. The zero-order valence-electron chi connectivity index (χ0n) is 8.68. The number of thiophene rings is 1. The number of amides is 1. The van der Waals surface area contributed by atoms with Gasteiger partial charge in [-0.05, 0) is 23.6 Å². The van der Waals surface area contributed by atoms with Crippen LogP contribution in [-0.2, 0) is 0 Å². The highest BCUT2D eigenvalue weighted by atomic mass is 32.1. The van der Waals surface area contributed by atoms with E-state index in [4.69, 9.17) is 0 Å². The number of aromatic nitrogens is 1. The van der Waals surface area contributed by atoms with E-state index in [9.17, 15) is 4.79 Å². The van der Waals surface area contributed by atoms with Gasteiger partial charge < -0.3 is 9.47 Å². The van der Waals surface area contributed by atoms with Crippen LogP contribution in [0.1, 0.15) is 9.67 Å². The molecule has 3 nitrogen and oxygen atoms in total. The second-order valence-corrected chi connectivity index (χ2v) is 4.34. The average molecular weight is 220 g/mol. The summed E-state index contributed by atoms with van der Waals surface area (Å²) in [4.78, 5) is 14.2. The summed E-state index contributed by atoms with van der Waals surface area (Å²) in [6.45, 7) is 0. The molecule has 0 aliphatic carbocycles. The number of rotatable bonds is 2. The highest BCUT2D eigenvalue weighted by molar-refractivity contribution is 7.12. The van der Waals surface area contributed by atoms with Gasteiger partial charge in [-0.25, -0.2) is 0 Å². The lowest BCUT2D eigenvalue weighted by molar-refractivity contribution is 0.0832. The Labute approximate surface area is 92.6 Å². The first-order valence-electron chi connectivity index (χ1n) is 4.62. The zero-order chi connectivity index (χ0) is 10.8. The fraction of sp³-hybridized carbons (Fsp3) is 0.182. The minimum Gasteiger partial charge on any atom is -0.344 e. The molecule has 0 fully saturated rings. The van der Waals surface area contributed by atoms with E-state index in [0.717, 1.165) is 10.6 Å². The maximum absolute atomic E-state index is 11.8. The molecule has 0 N–H and O–H groups in total. The molecule has 2 rings (SSSR count). The molecular weight excluding hydrogens is 208 g/mol. The predicted octanol–water partition coefficient (Wildman–Crippen LogP) is 2.24. The summed E-state index contributed by atoms with van der Waals surface area (Å²) in [5, 5.41) is 1.94. The largest absolute Gasteiger partial charge is 0.344 e. The molecule has 2 heterocycles. The molecule has 0 radical (unpaired) electrons. The van der Waals surface area contributed by atoms with Crippen LogP contribution in [0.3, 0.4) is 0 Å². The van der Waals surface area contributed by atoms with Crippen molar-refractivity contribution in [2.45, 2.75) is 0 Å². The predicted molar refractivity (Wildman–Crippen MR) is 61.7 cm³/mol. The van der Waals surface area contributed by atoms with Crippen molar-refractivity contribution in [3.05, 3.63) is 40.8 Å². The Bertz CT molecular complexity index is 457. The molecule has 78 valence electrons. The third-order valence-corrected chi connectivity index (χ3v) is 3.02. The lowest BCUT2D eigenvalue weighted by Gasteiger charge is -2.10. The second-order valence-electron chi connectivity index (χ2n) is 3.42. The Balaban J connectivity index is 2.43. The van der Waals surface area contributed by atoms with E-state index >= 15 is 0 Å². The highest BCUT2D eigenvalue weighted by Gasteiger charge is 2.15. The average Bonchev–Trinajstić information content (AvgIpc) is 2.86. The van der Waals surface area contributed by atoms with Gasteiger partial charge in [-0.3, -0.25) is 4.79 Å². The standard InChI is InChI=1S/C11H12N2OS/c1-12(2)11(14)10-9(5-8-15-10)13-6-3-4-7-13/h3-8H,1-2H3. The van der Waals surface area contributed by atoms with Gasteiger partial charge in [0.1, 0.15) is 4.88 Å². The minimum atomic E-state index is 0.0497. The molecule has 2 aromatic heterocycles. The number of hydrogen-bond donors (Lipinski definition) is 0. The normalized spacial score (nSPS) is 10.3. The van der Waals surface area contributed by atoms with E-state index in [0.29, 0.717) is 0 Å². The van der Waals surface area contributed by atoms with Gasteiger partial charge in [0.2, 0.25) is 0 Å². The van der Waals surface area contributed by atoms with Gasteiger partial charge in [0.15, 0.2) is 0 Å². The molecule has 2 aromatic rings. The molecule has 1 amide bonds. The molecule has 0 aliphatic rings. The van der Waals surface area contributed by atoms with E-state index < -0.39 is 0 Å². The Morgan fingerprint density at radius 2 is 2.00 bits per heavy atom. The second kappa shape index (κ2) is 3.90. The van der Waals surface area contributed by atoms with Gasteiger partial charge in [0, 0.05) is 26.5 Å². The topological polar surface area (TPSA) is 25.2 Å². The number of carbonyl (C=O) groups is 1. The third kappa shape index (κ3) is 1.80. The van der Waals surface area contributed by atoms with Gasteiger partial charge >= 0.3 is 0 Å². The van der Waals surface area contributed by atoms with Crippen LogP contribution in [0.5, 0.6) is 0 Å². The monoisotopic (exact) mass is 220 g/mol. The van der Waals surface area contributed by atoms with Crippen molar-refractivity contribution >= 4 is 17.2 Å². The van der Waals surface area contributed by atoms with E-state index in [2.05, 4.69) is 0 Å². The Morgan fingerprint density at radius 3 is 2.60 bits per heavy atom. The molecule has 0 saturated carbocycles. The van der Waals surface area contributed by atoms with Crippen LogP contribution in [-0.4, -0.2) is 29.5 Å². The molecule has 15 heavy (non-hydrogen) atoms. The summed E-state index contributed by atoms with van der Waals surface area (Å²) in [6, 6.07) is 5.85. The van der Waals surface area contributed by atoms with Crippen LogP contribution < -0.4 is 0 Å². The van der Waals surface area contributed by atoms with E-state index in [1.165, 1.54) is 11.3 Å². The molecule has 0 bridgehead atoms. The van der Waals surface area contributed by atoms with Gasteiger partial charge in [-0.15, -0.1) is 11.3 Å². The Kier molecular flexibility index (Phi) is 2.60. The summed E-state index contributed by atoms with van der Waals surface area (Å²) >= 11 is 1.47. The summed E-state index contributed by atoms with van der Waals surface area (Å²) in [5.41, 5.74) is 0.948. The van der Waals surface area contributed by atoms with Crippen molar-refractivity contribution in [3.8, 4) is 5.69 Å². The fourth-order valence-corrected chi connectivity index (χ4v) is 2.27. The molecule has 0 unspecified atom stereocenters. The molecular formula is C11H12N2OS. The lowest BCUT2D eigenvalue weighted by atomic mass is 10.3. The maximum atomic E-state index is 11.8. The van der Waals surface area contributed by atoms with E-state index in [-0.39, 0.29) is 5.91 Å². The Hall–Kier alpha value is -1.55. The quantitative estimate of drug-likeness (QED) is 0.762. The van der Waals surface area contributed by atoms with Crippen molar-refractivity contribution in [2.75, 3.05) is 14.1 Å². The molecule has 0 aliphatic heterocycles. The lowest BCUT2D eigenvalue weighted by Crippen LogP contribution is -2.21. The smallest absolute Gasteiger partial charge is 0.265 e. The van der Waals surface area contributed by atoms with Crippen molar-refractivity contribution in [1.29, 1.82) is 0 Å². The van der Waals surface area contributed by atoms with Crippen LogP contribution in [0.2, 0.25) is 0 Å². The highest BCUT2D eigenvalue weighted by Crippen LogP contribution is 2.22. The van der Waals surface area contributed by atoms with Gasteiger partial charge in [-0.2, -0.15) is 0 Å². The fourth-order valence-electron chi connectivity index (χ4n) is 1.36. The van der Waals surface area contributed by atoms with Gasteiger partial charge in [0.05, 0.1) is 5.69 Å². The summed E-state index contributed by atoms with van der Waals surface area (Å²) in [6.07, 6.45) is 3.88. The van der Waals surface area contributed by atoms with Crippen molar-refractivity contribution < 1.29 is 4.79 Å². The summed E-state index contributed by atoms with van der Waals surface area (Å²) in [5.74, 6) is 0.0497. The van der Waals surface area contributed by atoms with Crippen molar-refractivity contribution in [3.63, 3.8) is 0 Å². The summed E-state index contributed by atoms with van der Waals surface area (Å²) in [7, 11) is 3.53. The first-order valence-corrected chi connectivity index (χ1v) is 5.50. The molecule has 0 atom stereocenters. The first-order chi connectivity index (χ1) is 7.20. The van der Waals surface area contributed by atoms with Gasteiger partial charge in [-0.1, -0.05) is 0 Å². The van der Waals surface area contributed by atoms with Crippen LogP contribution in [0.15, 0.2) is 36.0 Å². The third-order valence-electron chi connectivity index (χ3n) is 2.13. The molecule has 0 saturated heterocycles. The molecule has 0 aromatic carbocycles. The molecule has 0 spiro atoms. The van der Waals surface area contributed by atoms with Crippen LogP contribution >= 0.6 is 11.3 Å². The van der Waals surface area contributed by atoms with E-state index in [1.807, 2.05) is 40.5 Å². The minimum absolute atomic E-state index is 0.0497. The number of hydrogen-bond acceptors (Lipinski definition) is 2.